The normalized spacial score (nSPS) is 15.4. The van der Waals surface area contributed by atoms with Crippen molar-refractivity contribution in [3.63, 3.8) is 0 Å². The molecule has 1 radical (unpaired) electrons. The van der Waals surface area contributed by atoms with Crippen LogP contribution in [0.5, 0.6) is 0 Å². The smallest absolute Gasteiger partial charge is 0.157 e. The first-order chi connectivity index (χ1) is 20.9. The van der Waals surface area contributed by atoms with E-state index >= 15 is 0 Å². The monoisotopic (exact) mass is 801 g/mol. The summed E-state index contributed by atoms with van der Waals surface area (Å²) in [4.78, 5) is 16.7. The van der Waals surface area contributed by atoms with Crippen LogP contribution >= 0.6 is 11.3 Å². The molecule has 245 valence electrons. The van der Waals surface area contributed by atoms with Gasteiger partial charge < -0.3 is 10.3 Å². The number of allylic oxidation sites excluding steroid dienone is 2. The Morgan fingerprint density at radius 2 is 1.62 bits per heavy atom. The Balaban J connectivity index is 0.000000282. The molecule has 0 amide bonds. The van der Waals surface area contributed by atoms with Crippen LogP contribution in [0.1, 0.15) is 111 Å². The Hall–Kier alpha value is -2.33. The second-order valence-corrected chi connectivity index (χ2v) is 14.7. The average Bonchev–Trinajstić information content (AvgIpc) is 3.41. The number of hydrogen-bond acceptors (Lipinski definition) is 3. The van der Waals surface area contributed by atoms with Crippen LogP contribution in [0.2, 0.25) is 0 Å². The van der Waals surface area contributed by atoms with Gasteiger partial charge in [0.15, 0.2) is 5.78 Å². The van der Waals surface area contributed by atoms with Crippen molar-refractivity contribution >= 4 is 37.3 Å². The number of ketones is 1. The maximum absolute atomic E-state index is 12.0. The van der Waals surface area contributed by atoms with Gasteiger partial charge in [-0.05, 0) is 83.6 Å². The van der Waals surface area contributed by atoms with Crippen molar-refractivity contribution in [2.45, 2.75) is 112 Å². The van der Waals surface area contributed by atoms with Crippen molar-refractivity contribution in [3.8, 4) is 11.3 Å². The van der Waals surface area contributed by atoms with Gasteiger partial charge in [-0.15, -0.1) is 54.3 Å². The van der Waals surface area contributed by atoms with Crippen LogP contribution in [-0.2, 0) is 35.7 Å². The van der Waals surface area contributed by atoms with E-state index in [1.165, 1.54) is 38.6 Å². The molecule has 0 saturated carbocycles. The summed E-state index contributed by atoms with van der Waals surface area (Å²) in [5.74, 6) is 0.854. The number of pyridine rings is 1. The van der Waals surface area contributed by atoms with Gasteiger partial charge in [-0.1, -0.05) is 74.3 Å². The SMILES string of the molecule is CCC(CC)C(=O)/C=C(\[N-]C)C(CC)CC.Cc1cc2c(c3sc4c(-c5[c-]cccc5)nccc4c13)C(C)(C)CCC2(C)C.[Ir]. The minimum absolute atomic E-state index is 0. The molecule has 0 N–H and O–H groups in total. The molecule has 0 bridgehead atoms. The minimum Gasteiger partial charge on any atom is -0.690 e. The third-order valence-corrected chi connectivity index (χ3v) is 11.2. The topological polar surface area (TPSA) is 44.1 Å². The molecule has 2 aromatic carbocycles. The van der Waals surface area contributed by atoms with Crippen LogP contribution in [0.25, 0.3) is 36.7 Å². The van der Waals surface area contributed by atoms with Gasteiger partial charge in [0.05, 0.1) is 0 Å². The van der Waals surface area contributed by atoms with Crippen LogP contribution in [0, 0.1) is 24.8 Å². The largest absolute Gasteiger partial charge is 0.690 e. The number of carbonyl (C=O) groups is 1. The number of carbonyl (C=O) groups excluding carboxylic acids is 1. The molecule has 5 heteroatoms. The summed E-state index contributed by atoms with van der Waals surface area (Å²) in [7, 11) is 1.78. The zero-order valence-electron chi connectivity index (χ0n) is 29.1. The maximum Gasteiger partial charge on any atom is 0.157 e. The first kappa shape index (κ1) is 37.1. The first-order valence-corrected chi connectivity index (χ1v) is 17.4. The van der Waals surface area contributed by atoms with Crippen molar-refractivity contribution < 1.29 is 24.9 Å². The van der Waals surface area contributed by atoms with Crippen LogP contribution in [0.15, 0.2) is 54.4 Å². The molecule has 0 fully saturated rings. The van der Waals surface area contributed by atoms with Gasteiger partial charge in [0, 0.05) is 52.7 Å². The summed E-state index contributed by atoms with van der Waals surface area (Å²) >= 11 is 1.93. The summed E-state index contributed by atoms with van der Waals surface area (Å²) in [6, 6.07) is 16.2. The van der Waals surface area contributed by atoms with E-state index in [1.807, 2.05) is 29.7 Å². The molecule has 5 rings (SSSR count). The van der Waals surface area contributed by atoms with E-state index in [-0.39, 0.29) is 42.6 Å². The zero-order chi connectivity index (χ0) is 32.2. The number of aromatic nitrogens is 1. The molecule has 1 aliphatic rings. The van der Waals surface area contributed by atoms with E-state index in [4.69, 9.17) is 4.98 Å². The van der Waals surface area contributed by atoms with Gasteiger partial charge in [-0.2, -0.15) is 5.70 Å². The fourth-order valence-corrected chi connectivity index (χ4v) is 8.53. The molecule has 0 aliphatic heterocycles. The third-order valence-electron chi connectivity index (χ3n) is 9.94. The van der Waals surface area contributed by atoms with Gasteiger partial charge >= 0.3 is 0 Å². The fraction of sp³-hybridized carbons (Fsp3) is 0.500. The predicted octanol–water partition coefficient (Wildman–Crippen LogP) is 11.9. The summed E-state index contributed by atoms with van der Waals surface area (Å²) in [6.07, 6.45) is 10.2. The predicted molar refractivity (Wildman–Crippen MR) is 192 cm³/mol. The van der Waals surface area contributed by atoms with Gasteiger partial charge in [-0.3, -0.25) is 4.79 Å². The second kappa shape index (κ2) is 15.5. The quantitative estimate of drug-likeness (QED) is 0.125. The Bertz CT molecular complexity index is 1620. The van der Waals surface area contributed by atoms with Crippen LogP contribution in [-0.4, -0.2) is 17.8 Å². The van der Waals surface area contributed by atoms with E-state index in [0.29, 0.717) is 5.92 Å². The number of hydrogen-bond donors (Lipinski definition) is 0. The van der Waals surface area contributed by atoms with Gasteiger partial charge in [0.2, 0.25) is 0 Å². The van der Waals surface area contributed by atoms with Gasteiger partial charge in [-0.25, -0.2) is 0 Å². The van der Waals surface area contributed by atoms with Gasteiger partial charge in [0.25, 0.3) is 0 Å². The Morgan fingerprint density at radius 3 is 2.20 bits per heavy atom. The van der Waals surface area contributed by atoms with Crippen molar-refractivity contribution in [1.82, 2.24) is 4.98 Å². The van der Waals surface area contributed by atoms with Crippen LogP contribution in [0.4, 0.5) is 0 Å². The first-order valence-electron chi connectivity index (χ1n) is 16.6. The number of benzene rings is 2. The molecule has 3 nitrogen and oxygen atoms in total. The molecule has 0 atom stereocenters. The standard InChI is InChI=1S/C26H26NS.C14H27NO.Ir/c1-16-15-19-21(26(4,5)13-12-25(19,2)3)24-20(16)18-11-14-27-22(23(18)28-24)17-9-7-6-8-10-17;1-6-11(7-2)13(15-5)10-14(16)12(8-3)9-4;/h6-9,11,14-15H,12-13H2,1-5H3;10-12H,6-9H2,1-5H3,(H,15,16);/q-1;;/p-1. The number of aryl methyl sites for hydroxylation is 1. The second-order valence-electron chi connectivity index (χ2n) is 13.7. The molecule has 45 heavy (non-hydrogen) atoms. The number of thiophene rings is 1. The van der Waals surface area contributed by atoms with Crippen molar-refractivity contribution in [1.29, 1.82) is 0 Å². The van der Waals surface area contributed by atoms with E-state index < -0.39 is 0 Å². The molecular formula is C40H52IrN2OS-2. The Kier molecular flexibility index (Phi) is 12.8. The number of fused-ring (bicyclic) bond motifs is 5. The van der Waals surface area contributed by atoms with E-state index in [9.17, 15) is 4.79 Å². The number of nitrogens with zero attached hydrogens (tertiary/aromatic N) is 2. The van der Waals surface area contributed by atoms with E-state index in [1.54, 1.807) is 24.3 Å². The van der Waals surface area contributed by atoms with Gasteiger partial charge in [0.1, 0.15) is 0 Å². The average molecular weight is 801 g/mol. The number of rotatable bonds is 9. The van der Waals surface area contributed by atoms with E-state index in [0.717, 1.165) is 42.6 Å². The van der Waals surface area contributed by atoms with E-state index in [2.05, 4.69) is 98.0 Å². The van der Waals surface area contributed by atoms with Crippen molar-refractivity contribution in [2.75, 3.05) is 7.05 Å². The maximum atomic E-state index is 12.0. The zero-order valence-corrected chi connectivity index (χ0v) is 32.3. The summed E-state index contributed by atoms with van der Waals surface area (Å²) in [5, 5.41) is 7.02. The van der Waals surface area contributed by atoms with Crippen molar-refractivity contribution in [2.24, 2.45) is 11.8 Å². The summed E-state index contributed by atoms with van der Waals surface area (Å²) in [6.45, 7) is 20.4. The van der Waals surface area contributed by atoms with Crippen molar-refractivity contribution in [3.05, 3.63) is 82.4 Å². The Morgan fingerprint density at radius 1 is 0.978 bits per heavy atom. The summed E-state index contributed by atoms with van der Waals surface area (Å²) < 4.78 is 2.75. The molecule has 0 unspecified atom stereocenters. The third kappa shape index (κ3) is 7.64. The fourth-order valence-electron chi connectivity index (χ4n) is 6.92. The minimum atomic E-state index is 0. The molecule has 2 heterocycles. The Labute approximate surface area is 290 Å². The molecule has 0 spiro atoms. The molecule has 1 aliphatic carbocycles. The van der Waals surface area contributed by atoms with Crippen LogP contribution < -0.4 is 0 Å². The molecule has 4 aromatic rings. The van der Waals surface area contributed by atoms with Crippen LogP contribution in [0.3, 0.4) is 0 Å². The summed E-state index contributed by atoms with van der Waals surface area (Å²) in [5.41, 5.74) is 8.03. The molecule has 2 aromatic heterocycles. The molecular weight excluding hydrogens is 749 g/mol. The molecule has 0 saturated heterocycles.